The van der Waals surface area contributed by atoms with E-state index in [9.17, 15) is 9.59 Å². The molecule has 1 aromatic heterocycles. The highest BCUT2D eigenvalue weighted by Crippen LogP contribution is 2.37. The number of amides is 2. The first-order valence-electron chi connectivity index (χ1n) is 11.0. The summed E-state index contributed by atoms with van der Waals surface area (Å²) in [5.74, 6) is 0.745. The highest BCUT2D eigenvalue weighted by Gasteiger charge is 2.37. The highest BCUT2D eigenvalue weighted by atomic mass is 16.2. The number of hydrogen-bond donors (Lipinski definition) is 2. The Morgan fingerprint density at radius 3 is 2.53 bits per heavy atom. The van der Waals surface area contributed by atoms with Crippen molar-refractivity contribution in [1.29, 1.82) is 0 Å². The molecule has 2 aromatic rings. The van der Waals surface area contributed by atoms with Gasteiger partial charge in [0.15, 0.2) is 0 Å². The third kappa shape index (κ3) is 4.41. The van der Waals surface area contributed by atoms with E-state index >= 15 is 0 Å². The molecule has 0 saturated heterocycles. The second-order valence-corrected chi connectivity index (χ2v) is 8.61. The van der Waals surface area contributed by atoms with Gasteiger partial charge in [-0.1, -0.05) is 62.4 Å². The van der Waals surface area contributed by atoms with Gasteiger partial charge in [-0.15, -0.1) is 0 Å². The van der Waals surface area contributed by atoms with Crippen LogP contribution < -0.4 is 11.5 Å². The van der Waals surface area contributed by atoms with Crippen LogP contribution in [0.25, 0.3) is 11.3 Å². The van der Waals surface area contributed by atoms with Gasteiger partial charge in [0.1, 0.15) is 5.82 Å². The van der Waals surface area contributed by atoms with Crippen molar-refractivity contribution in [2.45, 2.75) is 63.6 Å². The van der Waals surface area contributed by atoms with E-state index in [2.05, 4.69) is 22.9 Å². The van der Waals surface area contributed by atoms with Crippen LogP contribution in [0.5, 0.6) is 0 Å². The average Bonchev–Trinajstić information content (AvgIpc) is 3.19. The third-order valence-corrected chi connectivity index (χ3v) is 6.44. The van der Waals surface area contributed by atoms with Crippen molar-refractivity contribution in [3.63, 3.8) is 0 Å². The summed E-state index contributed by atoms with van der Waals surface area (Å²) >= 11 is 0. The number of carbonyl (C=O) groups excluding carboxylic acids is 2. The van der Waals surface area contributed by atoms with Gasteiger partial charge in [0.25, 0.3) is 0 Å². The van der Waals surface area contributed by atoms with Crippen LogP contribution in [-0.2, 0) is 16.1 Å². The van der Waals surface area contributed by atoms with E-state index in [1.54, 1.807) is 0 Å². The molecule has 2 heterocycles. The van der Waals surface area contributed by atoms with E-state index in [-0.39, 0.29) is 18.4 Å². The number of rotatable bonds is 6. The lowest BCUT2D eigenvalue weighted by Gasteiger charge is -2.39. The SMILES string of the molecule is NC(=O)C[C@H](N)C(=O)N1CCn2cc(-c3ccccc3)nc2[C@@H]1CC1CCCCC1. The molecule has 1 aliphatic heterocycles. The molecule has 0 bridgehead atoms. The van der Waals surface area contributed by atoms with E-state index in [4.69, 9.17) is 16.5 Å². The number of imidazole rings is 1. The van der Waals surface area contributed by atoms with Crippen molar-refractivity contribution >= 4 is 11.8 Å². The maximum absolute atomic E-state index is 13.1. The second-order valence-electron chi connectivity index (χ2n) is 8.61. The lowest BCUT2D eigenvalue weighted by atomic mass is 9.84. The van der Waals surface area contributed by atoms with Gasteiger partial charge in [-0.25, -0.2) is 4.98 Å². The molecule has 1 fully saturated rings. The van der Waals surface area contributed by atoms with Crippen LogP contribution in [0, 0.1) is 5.92 Å². The number of aromatic nitrogens is 2. The molecule has 2 aliphatic rings. The highest BCUT2D eigenvalue weighted by molar-refractivity contribution is 5.87. The minimum atomic E-state index is -0.897. The number of nitrogens with zero attached hydrogens (tertiary/aromatic N) is 3. The van der Waals surface area contributed by atoms with Crippen LogP contribution in [0.15, 0.2) is 36.5 Å². The molecule has 0 spiro atoms. The van der Waals surface area contributed by atoms with Crippen LogP contribution >= 0.6 is 0 Å². The normalized spacial score (nSPS) is 20.6. The largest absolute Gasteiger partial charge is 0.370 e. The maximum atomic E-state index is 13.1. The first-order valence-corrected chi connectivity index (χ1v) is 11.0. The zero-order chi connectivity index (χ0) is 21.1. The standard InChI is InChI=1S/C23H31N5O2/c24-18(14-21(25)29)23(30)28-12-11-27-15-19(17-9-5-2-6-10-17)26-22(27)20(28)13-16-7-3-1-4-8-16/h2,5-6,9-10,15-16,18,20H,1,3-4,7-8,11-14,24H2,(H2,25,29)/t18-,20-/m0/s1. The molecule has 160 valence electrons. The van der Waals surface area contributed by atoms with Gasteiger partial charge in [-0.05, 0) is 12.3 Å². The van der Waals surface area contributed by atoms with Crippen LogP contribution in [0.4, 0.5) is 0 Å². The lowest BCUT2D eigenvalue weighted by molar-refractivity contribution is -0.138. The number of primary amides is 1. The summed E-state index contributed by atoms with van der Waals surface area (Å²) in [6.07, 6.45) is 9.02. The fraction of sp³-hybridized carbons (Fsp3) is 0.522. The number of hydrogen-bond acceptors (Lipinski definition) is 4. The van der Waals surface area contributed by atoms with Crippen molar-refractivity contribution in [3.05, 3.63) is 42.4 Å². The van der Waals surface area contributed by atoms with Crippen LogP contribution in [0.1, 0.15) is 56.8 Å². The molecule has 2 atom stereocenters. The van der Waals surface area contributed by atoms with Gasteiger partial charge >= 0.3 is 0 Å². The predicted molar refractivity (Wildman–Crippen MR) is 115 cm³/mol. The van der Waals surface area contributed by atoms with Crippen LogP contribution in [0.3, 0.4) is 0 Å². The topological polar surface area (TPSA) is 107 Å². The molecule has 1 aromatic carbocycles. The average molecular weight is 410 g/mol. The van der Waals surface area contributed by atoms with Crippen LogP contribution in [0.2, 0.25) is 0 Å². The van der Waals surface area contributed by atoms with Crippen molar-refractivity contribution in [2.75, 3.05) is 6.54 Å². The van der Waals surface area contributed by atoms with Gasteiger partial charge in [0.2, 0.25) is 11.8 Å². The summed E-state index contributed by atoms with van der Waals surface area (Å²) in [5.41, 5.74) is 13.3. The smallest absolute Gasteiger partial charge is 0.240 e. The second kappa shape index (κ2) is 9.00. The van der Waals surface area contributed by atoms with Gasteiger partial charge in [0, 0.05) is 24.8 Å². The van der Waals surface area contributed by atoms with Crippen molar-refractivity contribution in [1.82, 2.24) is 14.5 Å². The monoisotopic (exact) mass is 409 g/mol. The zero-order valence-corrected chi connectivity index (χ0v) is 17.4. The van der Waals surface area contributed by atoms with Gasteiger partial charge in [0.05, 0.1) is 24.2 Å². The fourth-order valence-electron chi connectivity index (χ4n) is 4.89. The Hall–Kier alpha value is -2.67. The lowest BCUT2D eigenvalue weighted by Crippen LogP contribution is -2.50. The molecule has 0 unspecified atom stereocenters. The van der Waals surface area contributed by atoms with E-state index < -0.39 is 11.9 Å². The molecular weight excluding hydrogens is 378 g/mol. The van der Waals surface area contributed by atoms with Gasteiger partial charge in [-0.3, -0.25) is 9.59 Å². The summed E-state index contributed by atoms with van der Waals surface area (Å²) in [5, 5.41) is 0. The Labute approximate surface area is 177 Å². The Morgan fingerprint density at radius 1 is 1.10 bits per heavy atom. The molecule has 0 radical (unpaired) electrons. The minimum Gasteiger partial charge on any atom is -0.370 e. The van der Waals surface area contributed by atoms with Gasteiger partial charge < -0.3 is 20.9 Å². The molecule has 1 aliphatic carbocycles. The van der Waals surface area contributed by atoms with Crippen molar-refractivity contribution < 1.29 is 9.59 Å². The number of benzene rings is 1. The fourth-order valence-corrected chi connectivity index (χ4v) is 4.89. The van der Waals surface area contributed by atoms with E-state index in [0.717, 1.165) is 23.5 Å². The summed E-state index contributed by atoms with van der Waals surface area (Å²) in [7, 11) is 0. The summed E-state index contributed by atoms with van der Waals surface area (Å²) in [6.45, 7) is 1.24. The van der Waals surface area contributed by atoms with Crippen molar-refractivity contribution in [2.24, 2.45) is 17.4 Å². The molecule has 7 heteroatoms. The molecule has 4 N–H and O–H groups in total. The molecule has 2 amide bonds. The van der Waals surface area contributed by atoms with Gasteiger partial charge in [-0.2, -0.15) is 0 Å². The number of nitrogens with two attached hydrogens (primary N) is 2. The molecule has 4 rings (SSSR count). The van der Waals surface area contributed by atoms with E-state index in [1.165, 1.54) is 32.1 Å². The summed E-state index contributed by atoms with van der Waals surface area (Å²) < 4.78 is 2.18. The number of carbonyl (C=O) groups is 2. The quantitative estimate of drug-likeness (QED) is 0.764. The van der Waals surface area contributed by atoms with E-state index in [1.807, 2.05) is 23.1 Å². The van der Waals surface area contributed by atoms with Crippen molar-refractivity contribution in [3.8, 4) is 11.3 Å². The predicted octanol–water partition coefficient (Wildman–Crippen LogP) is 2.61. The zero-order valence-electron chi connectivity index (χ0n) is 17.4. The Morgan fingerprint density at radius 2 is 1.83 bits per heavy atom. The molecule has 7 nitrogen and oxygen atoms in total. The first-order chi connectivity index (χ1) is 14.5. The maximum Gasteiger partial charge on any atom is 0.240 e. The molecule has 30 heavy (non-hydrogen) atoms. The summed E-state index contributed by atoms with van der Waals surface area (Å²) in [4.78, 5) is 31.2. The van der Waals surface area contributed by atoms with E-state index in [0.29, 0.717) is 19.0 Å². The molecule has 1 saturated carbocycles. The summed E-state index contributed by atoms with van der Waals surface area (Å²) in [6, 6.07) is 9.09. The Balaban J connectivity index is 1.64. The Kier molecular flexibility index (Phi) is 6.18. The van der Waals surface area contributed by atoms with Crippen LogP contribution in [-0.4, -0.2) is 38.9 Å². The third-order valence-electron chi connectivity index (χ3n) is 6.44. The minimum absolute atomic E-state index is 0.120. The Bertz CT molecular complexity index is 888. The number of fused-ring (bicyclic) bond motifs is 1. The first kappa shape index (κ1) is 20.6. The molecular formula is C23H31N5O2.